The fourth-order valence-electron chi connectivity index (χ4n) is 3.46. The molecule has 1 heterocycles. The van der Waals surface area contributed by atoms with Crippen LogP contribution in [-0.2, 0) is 4.79 Å². The molecule has 1 saturated carbocycles. The number of para-hydroxylation sites is 2. The van der Waals surface area contributed by atoms with Crippen molar-refractivity contribution in [3.8, 4) is 0 Å². The van der Waals surface area contributed by atoms with Crippen LogP contribution in [0.4, 0.5) is 4.79 Å². The predicted octanol–water partition coefficient (Wildman–Crippen LogP) is 2.50. The Morgan fingerprint density at radius 2 is 1.88 bits per heavy atom. The lowest BCUT2D eigenvalue weighted by Crippen LogP contribution is -2.59. The summed E-state index contributed by atoms with van der Waals surface area (Å²) in [4.78, 5) is 32.2. The summed E-state index contributed by atoms with van der Waals surface area (Å²) >= 11 is 0. The van der Waals surface area contributed by atoms with Gasteiger partial charge in [-0.3, -0.25) is 4.79 Å². The fraction of sp³-hybridized carbons (Fsp3) is 0.500. The number of primary amides is 1. The molecule has 3 rings (SSSR count). The van der Waals surface area contributed by atoms with Gasteiger partial charge in [-0.1, -0.05) is 37.8 Å². The highest BCUT2D eigenvalue weighted by Gasteiger charge is 2.38. The first-order valence-corrected chi connectivity index (χ1v) is 8.83. The van der Waals surface area contributed by atoms with E-state index >= 15 is 0 Å². The van der Waals surface area contributed by atoms with Crippen LogP contribution in [0.3, 0.4) is 0 Å². The van der Waals surface area contributed by atoms with Crippen molar-refractivity contribution < 1.29 is 9.59 Å². The van der Waals surface area contributed by atoms with Crippen molar-refractivity contribution in [3.63, 3.8) is 0 Å². The summed E-state index contributed by atoms with van der Waals surface area (Å²) in [6.45, 7) is 1.85. The Morgan fingerprint density at radius 3 is 2.52 bits per heavy atom. The fourth-order valence-corrected chi connectivity index (χ4v) is 3.46. The number of benzene rings is 1. The average molecular weight is 343 g/mol. The van der Waals surface area contributed by atoms with Gasteiger partial charge < -0.3 is 21.4 Å². The molecule has 0 saturated heterocycles. The van der Waals surface area contributed by atoms with Gasteiger partial charge in [0.1, 0.15) is 11.4 Å². The molecule has 1 atom stereocenters. The van der Waals surface area contributed by atoms with E-state index in [1.165, 1.54) is 0 Å². The Kier molecular flexibility index (Phi) is 4.92. The number of hydrogen-bond donors (Lipinski definition) is 4. The van der Waals surface area contributed by atoms with Gasteiger partial charge in [-0.05, 0) is 31.9 Å². The third-order valence-corrected chi connectivity index (χ3v) is 4.95. The Bertz CT molecular complexity index is 729. The normalized spacial score (nSPS) is 18.3. The molecule has 7 heteroatoms. The number of aromatic nitrogens is 2. The van der Waals surface area contributed by atoms with Crippen LogP contribution in [0.25, 0.3) is 11.0 Å². The van der Waals surface area contributed by atoms with E-state index in [1.54, 1.807) is 0 Å². The number of H-pyrrole nitrogens is 1. The molecule has 3 amide bonds. The molecule has 2 aromatic rings. The van der Waals surface area contributed by atoms with Crippen molar-refractivity contribution in [1.29, 1.82) is 0 Å². The third kappa shape index (κ3) is 3.75. The highest BCUT2D eigenvalue weighted by molar-refractivity contribution is 5.90. The monoisotopic (exact) mass is 343 g/mol. The van der Waals surface area contributed by atoms with E-state index < -0.39 is 17.5 Å². The number of nitrogens with one attached hydrogen (secondary N) is 3. The van der Waals surface area contributed by atoms with Gasteiger partial charge in [0.05, 0.1) is 17.1 Å². The number of amides is 3. The second-order valence-corrected chi connectivity index (χ2v) is 6.82. The van der Waals surface area contributed by atoms with Crippen LogP contribution in [0.15, 0.2) is 24.3 Å². The van der Waals surface area contributed by atoms with E-state index in [0.717, 1.165) is 36.7 Å². The summed E-state index contributed by atoms with van der Waals surface area (Å²) in [5.74, 6) is 0.214. The Labute approximate surface area is 146 Å². The average Bonchev–Trinajstić information content (AvgIpc) is 2.87. The second-order valence-electron chi connectivity index (χ2n) is 6.82. The topological polar surface area (TPSA) is 113 Å². The molecule has 25 heavy (non-hydrogen) atoms. The molecular weight excluding hydrogens is 318 g/mol. The number of rotatable bonds is 4. The van der Waals surface area contributed by atoms with Crippen molar-refractivity contribution in [2.45, 2.75) is 57.0 Å². The summed E-state index contributed by atoms with van der Waals surface area (Å²) in [5.41, 5.74) is 6.43. The van der Waals surface area contributed by atoms with Gasteiger partial charge in [0.2, 0.25) is 5.91 Å². The van der Waals surface area contributed by atoms with Crippen LogP contribution < -0.4 is 16.4 Å². The van der Waals surface area contributed by atoms with Crippen molar-refractivity contribution in [2.24, 2.45) is 5.73 Å². The Morgan fingerprint density at radius 1 is 1.20 bits per heavy atom. The predicted molar refractivity (Wildman–Crippen MR) is 95.8 cm³/mol. The summed E-state index contributed by atoms with van der Waals surface area (Å²) in [5, 5.41) is 5.69. The van der Waals surface area contributed by atoms with Crippen molar-refractivity contribution in [1.82, 2.24) is 20.6 Å². The minimum absolute atomic E-state index is 0.317. The summed E-state index contributed by atoms with van der Waals surface area (Å²) in [6.07, 6.45) is 5.09. The first-order valence-electron chi connectivity index (χ1n) is 8.83. The van der Waals surface area contributed by atoms with E-state index in [-0.39, 0.29) is 6.04 Å². The SMILES string of the molecule is C[C@H](NC(=O)NC1(C(N)=O)CCCCCC1)c1nc2ccccc2[nH]1. The molecule has 0 radical (unpaired) electrons. The molecule has 5 N–H and O–H groups in total. The number of nitrogens with zero attached hydrogens (tertiary/aromatic N) is 1. The van der Waals surface area contributed by atoms with Gasteiger partial charge in [0.15, 0.2) is 0 Å². The third-order valence-electron chi connectivity index (χ3n) is 4.95. The highest BCUT2D eigenvalue weighted by atomic mass is 16.2. The summed E-state index contributed by atoms with van der Waals surface area (Å²) in [6, 6.07) is 6.98. The zero-order chi connectivity index (χ0) is 17.9. The van der Waals surface area contributed by atoms with Gasteiger partial charge in [-0.25, -0.2) is 9.78 Å². The van der Waals surface area contributed by atoms with Gasteiger partial charge in [0, 0.05) is 0 Å². The number of aromatic amines is 1. The van der Waals surface area contributed by atoms with Crippen molar-refractivity contribution in [3.05, 3.63) is 30.1 Å². The Balaban J connectivity index is 1.68. The molecule has 1 aromatic heterocycles. The smallest absolute Gasteiger partial charge is 0.316 e. The van der Waals surface area contributed by atoms with Gasteiger partial charge in [-0.2, -0.15) is 0 Å². The highest BCUT2D eigenvalue weighted by Crippen LogP contribution is 2.27. The first-order chi connectivity index (χ1) is 12.0. The maximum atomic E-state index is 12.5. The molecule has 0 unspecified atom stereocenters. The quantitative estimate of drug-likeness (QED) is 0.640. The van der Waals surface area contributed by atoms with Crippen LogP contribution >= 0.6 is 0 Å². The molecule has 1 aliphatic carbocycles. The van der Waals surface area contributed by atoms with Crippen LogP contribution in [0.5, 0.6) is 0 Å². The number of hydrogen-bond acceptors (Lipinski definition) is 3. The number of urea groups is 1. The van der Waals surface area contributed by atoms with Crippen LogP contribution in [0.2, 0.25) is 0 Å². The van der Waals surface area contributed by atoms with Crippen molar-refractivity contribution in [2.75, 3.05) is 0 Å². The van der Waals surface area contributed by atoms with E-state index in [1.807, 2.05) is 31.2 Å². The van der Waals surface area contributed by atoms with E-state index in [0.29, 0.717) is 18.7 Å². The van der Waals surface area contributed by atoms with E-state index in [4.69, 9.17) is 5.73 Å². The lowest BCUT2D eigenvalue weighted by Gasteiger charge is -2.31. The van der Waals surface area contributed by atoms with Gasteiger partial charge in [-0.15, -0.1) is 0 Å². The Hall–Kier alpha value is -2.57. The maximum Gasteiger partial charge on any atom is 0.316 e. The zero-order valence-corrected chi connectivity index (χ0v) is 14.5. The molecule has 134 valence electrons. The van der Waals surface area contributed by atoms with E-state index in [9.17, 15) is 9.59 Å². The lowest BCUT2D eigenvalue weighted by atomic mass is 9.89. The standard InChI is InChI=1S/C18H25N5O2/c1-12(15-21-13-8-4-5-9-14(13)22-15)20-17(25)23-18(16(19)24)10-6-2-3-7-11-18/h4-5,8-9,12H,2-3,6-7,10-11H2,1H3,(H2,19,24)(H,21,22)(H2,20,23,25)/t12-/m0/s1. The first kappa shape index (κ1) is 17.3. The second kappa shape index (κ2) is 7.13. The van der Waals surface area contributed by atoms with Crippen LogP contribution in [-0.4, -0.2) is 27.4 Å². The zero-order valence-electron chi connectivity index (χ0n) is 14.5. The molecule has 1 aliphatic rings. The lowest BCUT2D eigenvalue weighted by molar-refractivity contribution is -0.124. The number of carbonyl (C=O) groups is 2. The molecule has 7 nitrogen and oxygen atoms in total. The largest absolute Gasteiger partial charge is 0.368 e. The minimum atomic E-state index is -0.950. The number of fused-ring (bicyclic) bond motifs is 1. The van der Waals surface area contributed by atoms with Crippen molar-refractivity contribution >= 4 is 23.0 Å². The number of imidazole rings is 1. The molecule has 0 bridgehead atoms. The molecular formula is C18H25N5O2. The summed E-state index contributed by atoms with van der Waals surface area (Å²) in [7, 11) is 0. The molecule has 0 spiro atoms. The van der Waals surface area contributed by atoms with Gasteiger partial charge >= 0.3 is 6.03 Å². The minimum Gasteiger partial charge on any atom is -0.368 e. The molecule has 1 fully saturated rings. The summed E-state index contributed by atoms with van der Waals surface area (Å²) < 4.78 is 0. The van der Waals surface area contributed by atoms with Crippen LogP contribution in [0.1, 0.15) is 57.3 Å². The molecule has 0 aliphatic heterocycles. The number of carbonyl (C=O) groups excluding carboxylic acids is 2. The van der Waals surface area contributed by atoms with Crippen LogP contribution in [0, 0.1) is 0 Å². The number of nitrogens with two attached hydrogens (primary N) is 1. The maximum absolute atomic E-state index is 12.5. The molecule has 1 aromatic carbocycles. The van der Waals surface area contributed by atoms with Gasteiger partial charge in [0.25, 0.3) is 0 Å². The van der Waals surface area contributed by atoms with E-state index in [2.05, 4.69) is 20.6 Å².